The Bertz CT molecular complexity index is 387. The molecule has 1 atom stereocenters. The Balaban J connectivity index is 1.94. The summed E-state index contributed by atoms with van der Waals surface area (Å²) in [6, 6.07) is 0. The molecule has 0 saturated heterocycles. The van der Waals surface area contributed by atoms with E-state index in [0.29, 0.717) is 24.2 Å². The van der Waals surface area contributed by atoms with Crippen molar-refractivity contribution in [2.75, 3.05) is 7.05 Å². The Labute approximate surface area is 98.8 Å². The van der Waals surface area contributed by atoms with E-state index in [9.17, 15) is 4.79 Å². The molecule has 1 aliphatic rings. The van der Waals surface area contributed by atoms with Crippen molar-refractivity contribution in [2.45, 2.75) is 37.6 Å². The van der Waals surface area contributed by atoms with Gasteiger partial charge < -0.3 is 9.42 Å². The van der Waals surface area contributed by atoms with Crippen LogP contribution in [0.3, 0.4) is 0 Å². The van der Waals surface area contributed by atoms with Crippen molar-refractivity contribution >= 4 is 17.5 Å². The SMILES string of the molecule is CC(Cl)C(=O)N(C)Cc1noc(C2CC2)n1. The van der Waals surface area contributed by atoms with Crippen molar-refractivity contribution in [1.82, 2.24) is 15.0 Å². The maximum atomic E-state index is 11.5. The monoisotopic (exact) mass is 243 g/mol. The fraction of sp³-hybridized carbons (Fsp3) is 0.700. The average molecular weight is 244 g/mol. The summed E-state index contributed by atoms with van der Waals surface area (Å²) in [4.78, 5) is 17.2. The number of nitrogens with zero attached hydrogens (tertiary/aromatic N) is 3. The molecule has 1 aromatic rings. The van der Waals surface area contributed by atoms with Gasteiger partial charge in [-0.25, -0.2) is 0 Å². The normalized spacial score (nSPS) is 17.2. The van der Waals surface area contributed by atoms with E-state index in [4.69, 9.17) is 16.1 Å². The second-order valence-electron chi connectivity index (χ2n) is 4.13. The van der Waals surface area contributed by atoms with Crippen molar-refractivity contribution in [3.05, 3.63) is 11.7 Å². The molecule has 0 bridgehead atoms. The van der Waals surface area contributed by atoms with Gasteiger partial charge in [-0.3, -0.25) is 4.79 Å². The quantitative estimate of drug-likeness (QED) is 0.753. The van der Waals surface area contributed by atoms with Crippen LogP contribution in [-0.4, -0.2) is 33.4 Å². The Morgan fingerprint density at radius 1 is 1.69 bits per heavy atom. The second kappa shape index (κ2) is 4.41. The fourth-order valence-corrected chi connectivity index (χ4v) is 1.59. The lowest BCUT2D eigenvalue weighted by molar-refractivity contribution is -0.129. The van der Waals surface area contributed by atoms with Crippen LogP contribution in [0.2, 0.25) is 0 Å². The summed E-state index contributed by atoms with van der Waals surface area (Å²) in [7, 11) is 1.67. The zero-order valence-electron chi connectivity index (χ0n) is 9.31. The zero-order valence-corrected chi connectivity index (χ0v) is 10.1. The molecule has 16 heavy (non-hydrogen) atoms. The molecule has 0 aromatic carbocycles. The van der Waals surface area contributed by atoms with Gasteiger partial charge in [-0.1, -0.05) is 5.16 Å². The highest BCUT2D eigenvalue weighted by atomic mass is 35.5. The molecule has 1 amide bonds. The smallest absolute Gasteiger partial charge is 0.240 e. The molecule has 1 unspecified atom stereocenters. The molecule has 1 heterocycles. The zero-order chi connectivity index (χ0) is 11.7. The van der Waals surface area contributed by atoms with Crippen molar-refractivity contribution in [3.63, 3.8) is 0 Å². The summed E-state index contributed by atoms with van der Waals surface area (Å²) in [5.41, 5.74) is 0. The number of halogens is 1. The van der Waals surface area contributed by atoms with Crippen molar-refractivity contribution in [3.8, 4) is 0 Å². The highest BCUT2D eigenvalue weighted by Gasteiger charge is 2.29. The molecule has 88 valence electrons. The van der Waals surface area contributed by atoms with E-state index in [1.807, 2.05) is 0 Å². The van der Waals surface area contributed by atoms with E-state index >= 15 is 0 Å². The van der Waals surface area contributed by atoms with E-state index in [1.165, 1.54) is 4.90 Å². The van der Waals surface area contributed by atoms with Crippen LogP contribution >= 0.6 is 11.6 Å². The second-order valence-corrected chi connectivity index (χ2v) is 4.79. The van der Waals surface area contributed by atoms with Crippen molar-refractivity contribution < 1.29 is 9.32 Å². The van der Waals surface area contributed by atoms with Gasteiger partial charge in [-0.05, 0) is 19.8 Å². The lowest BCUT2D eigenvalue weighted by atomic mass is 10.4. The Morgan fingerprint density at radius 3 is 2.94 bits per heavy atom. The van der Waals surface area contributed by atoms with Gasteiger partial charge in [-0.2, -0.15) is 4.98 Å². The topological polar surface area (TPSA) is 59.2 Å². The van der Waals surface area contributed by atoms with Crippen molar-refractivity contribution in [2.24, 2.45) is 0 Å². The third-order valence-corrected chi connectivity index (χ3v) is 2.69. The molecular weight excluding hydrogens is 230 g/mol. The molecular formula is C10H14ClN3O2. The van der Waals surface area contributed by atoms with Crippen molar-refractivity contribution in [1.29, 1.82) is 0 Å². The third kappa shape index (κ3) is 2.52. The lowest BCUT2D eigenvalue weighted by Gasteiger charge is -2.15. The van der Waals surface area contributed by atoms with Crippen LogP contribution in [-0.2, 0) is 11.3 Å². The van der Waals surface area contributed by atoms with Gasteiger partial charge in [0.05, 0.1) is 6.54 Å². The molecule has 1 aromatic heterocycles. The lowest BCUT2D eigenvalue weighted by Crippen LogP contribution is -2.32. The van der Waals surface area contributed by atoms with Gasteiger partial charge in [0, 0.05) is 13.0 Å². The molecule has 1 saturated carbocycles. The maximum absolute atomic E-state index is 11.5. The highest BCUT2D eigenvalue weighted by molar-refractivity contribution is 6.30. The molecule has 6 heteroatoms. The molecule has 2 rings (SSSR count). The number of carbonyl (C=O) groups is 1. The third-order valence-electron chi connectivity index (χ3n) is 2.51. The first kappa shape index (κ1) is 11.4. The number of aromatic nitrogens is 2. The molecule has 1 fully saturated rings. The first-order valence-electron chi connectivity index (χ1n) is 5.29. The molecule has 0 radical (unpaired) electrons. The standard InChI is InChI=1S/C10H14ClN3O2/c1-6(11)10(15)14(2)5-8-12-9(16-13-8)7-3-4-7/h6-7H,3-5H2,1-2H3. The Hall–Kier alpha value is -1.10. The fourth-order valence-electron chi connectivity index (χ4n) is 1.42. The molecule has 5 nitrogen and oxygen atoms in total. The summed E-state index contributed by atoms with van der Waals surface area (Å²) in [5, 5.41) is 3.31. The first-order valence-corrected chi connectivity index (χ1v) is 5.73. The minimum absolute atomic E-state index is 0.139. The van der Waals surface area contributed by atoms with Gasteiger partial charge in [-0.15, -0.1) is 11.6 Å². The average Bonchev–Trinajstić information content (AvgIpc) is 2.99. The largest absolute Gasteiger partial charge is 0.339 e. The van der Waals surface area contributed by atoms with E-state index in [0.717, 1.165) is 12.8 Å². The molecule has 0 N–H and O–H groups in total. The van der Waals surface area contributed by atoms with Crippen LogP contribution < -0.4 is 0 Å². The number of hydrogen-bond acceptors (Lipinski definition) is 4. The number of amides is 1. The van der Waals surface area contributed by atoms with E-state index in [2.05, 4.69) is 10.1 Å². The summed E-state index contributed by atoms with van der Waals surface area (Å²) in [6.07, 6.45) is 2.24. The first-order chi connectivity index (χ1) is 7.58. The molecule has 1 aliphatic carbocycles. The summed E-state index contributed by atoms with van der Waals surface area (Å²) in [6.45, 7) is 1.98. The number of rotatable bonds is 4. The molecule has 0 aliphatic heterocycles. The van der Waals surface area contributed by atoms with E-state index in [1.54, 1.807) is 14.0 Å². The van der Waals surface area contributed by atoms with Gasteiger partial charge in [0.2, 0.25) is 11.8 Å². The minimum Gasteiger partial charge on any atom is -0.339 e. The van der Waals surface area contributed by atoms with Gasteiger partial charge in [0.1, 0.15) is 5.38 Å². The van der Waals surface area contributed by atoms with Gasteiger partial charge >= 0.3 is 0 Å². The minimum atomic E-state index is -0.528. The van der Waals surface area contributed by atoms with E-state index in [-0.39, 0.29) is 5.91 Å². The predicted octanol–water partition coefficient (Wildman–Crippen LogP) is 1.53. The van der Waals surface area contributed by atoms with Gasteiger partial charge in [0.25, 0.3) is 0 Å². The van der Waals surface area contributed by atoms with Crippen LogP contribution in [0.1, 0.15) is 37.4 Å². The van der Waals surface area contributed by atoms with Crippen LogP contribution in [0.25, 0.3) is 0 Å². The number of hydrogen-bond donors (Lipinski definition) is 0. The van der Waals surface area contributed by atoms with Gasteiger partial charge in [0.15, 0.2) is 5.82 Å². The number of carbonyl (C=O) groups excluding carboxylic acids is 1. The number of alkyl halides is 1. The van der Waals surface area contributed by atoms with E-state index < -0.39 is 5.38 Å². The van der Waals surface area contributed by atoms with Crippen LogP contribution in [0.4, 0.5) is 0 Å². The summed E-state index contributed by atoms with van der Waals surface area (Å²) < 4.78 is 5.10. The maximum Gasteiger partial charge on any atom is 0.240 e. The molecule has 0 spiro atoms. The predicted molar refractivity (Wildman–Crippen MR) is 58.1 cm³/mol. The Morgan fingerprint density at radius 2 is 2.38 bits per heavy atom. The highest BCUT2D eigenvalue weighted by Crippen LogP contribution is 2.38. The van der Waals surface area contributed by atoms with Crippen LogP contribution in [0.15, 0.2) is 4.52 Å². The summed E-state index contributed by atoms with van der Waals surface area (Å²) in [5.74, 6) is 1.53. The van der Waals surface area contributed by atoms with Crippen LogP contribution in [0.5, 0.6) is 0 Å². The Kier molecular flexibility index (Phi) is 3.14. The van der Waals surface area contributed by atoms with Crippen LogP contribution in [0, 0.1) is 0 Å². The summed E-state index contributed by atoms with van der Waals surface area (Å²) >= 11 is 5.70.